The lowest BCUT2D eigenvalue weighted by molar-refractivity contribution is 0.282. The second-order valence-electron chi connectivity index (χ2n) is 3.71. The Balaban J connectivity index is 2.76. The average molecular weight is 185 g/mol. The zero-order chi connectivity index (χ0) is 9.78. The summed E-state index contributed by atoms with van der Waals surface area (Å²) in [7, 11) is 0. The summed E-state index contributed by atoms with van der Waals surface area (Å²) in [6.45, 7) is 2.59. The van der Waals surface area contributed by atoms with Gasteiger partial charge in [0.2, 0.25) is 0 Å². The second kappa shape index (κ2) is 12.0. The highest BCUT2D eigenvalue weighted by Crippen LogP contribution is 2.09. The standard InChI is InChI=1S/C12H25O/c1-2-3-4-5-6-7-8-9-10-11-12-13/h4,13H,2-3,5-12H2,1H3. The molecule has 0 atom stereocenters. The Labute approximate surface area is 83.5 Å². The number of aliphatic hydroxyl groups is 1. The fraction of sp³-hybridized carbons (Fsp3) is 0.917. The second-order valence-corrected chi connectivity index (χ2v) is 3.71. The molecule has 0 aliphatic rings. The molecule has 1 nitrogen and oxygen atoms in total. The first-order chi connectivity index (χ1) is 6.41. The number of aliphatic hydroxyl groups excluding tert-OH is 1. The summed E-state index contributed by atoms with van der Waals surface area (Å²) in [5.41, 5.74) is 0. The van der Waals surface area contributed by atoms with Crippen LogP contribution in [-0.2, 0) is 0 Å². The van der Waals surface area contributed by atoms with Crippen LogP contribution in [0.3, 0.4) is 0 Å². The van der Waals surface area contributed by atoms with E-state index < -0.39 is 0 Å². The largest absolute Gasteiger partial charge is 0.396 e. The molecule has 1 radical (unpaired) electrons. The first-order valence-electron chi connectivity index (χ1n) is 5.84. The van der Waals surface area contributed by atoms with Gasteiger partial charge in [-0.05, 0) is 12.8 Å². The van der Waals surface area contributed by atoms with Crippen LogP contribution in [0.15, 0.2) is 0 Å². The SMILES string of the molecule is CCC[CH]CCCCCCCCO. The molecule has 1 N–H and O–H groups in total. The average Bonchev–Trinajstić information content (AvgIpc) is 2.16. The Morgan fingerprint density at radius 1 is 0.846 bits per heavy atom. The molecule has 0 amide bonds. The zero-order valence-corrected chi connectivity index (χ0v) is 9.10. The van der Waals surface area contributed by atoms with E-state index in [1.54, 1.807) is 0 Å². The first kappa shape index (κ1) is 13.0. The number of hydrogen-bond donors (Lipinski definition) is 1. The van der Waals surface area contributed by atoms with E-state index in [2.05, 4.69) is 13.3 Å². The predicted molar refractivity (Wildman–Crippen MR) is 58.6 cm³/mol. The molecule has 0 fully saturated rings. The molecule has 0 aliphatic carbocycles. The van der Waals surface area contributed by atoms with E-state index in [1.165, 1.54) is 51.4 Å². The highest BCUT2D eigenvalue weighted by atomic mass is 16.2. The highest BCUT2D eigenvalue weighted by molar-refractivity contribution is 4.62. The van der Waals surface area contributed by atoms with Crippen LogP contribution >= 0.6 is 0 Å². The van der Waals surface area contributed by atoms with E-state index in [0.717, 1.165) is 6.42 Å². The topological polar surface area (TPSA) is 20.2 Å². The highest BCUT2D eigenvalue weighted by Gasteiger charge is 1.91. The maximum absolute atomic E-state index is 8.56. The molecule has 0 unspecified atom stereocenters. The van der Waals surface area contributed by atoms with Crippen molar-refractivity contribution in [3.05, 3.63) is 6.42 Å². The minimum atomic E-state index is 0.365. The Bertz CT molecular complexity index is 71.2. The van der Waals surface area contributed by atoms with Gasteiger partial charge in [-0.2, -0.15) is 0 Å². The third-order valence-corrected chi connectivity index (χ3v) is 2.31. The minimum absolute atomic E-state index is 0.365. The van der Waals surface area contributed by atoms with Crippen molar-refractivity contribution in [3.8, 4) is 0 Å². The summed E-state index contributed by atoms with van der Waals surface area (Å²) in [5, 5.41) is 8.56. The summed E-state index contributed by atoms with van der Waals surface area (Å²) in [4.78, 5) is 0. The lowest BCUT2D eigenvalue weighted by Gasteiger charge is -2.00. The lowest BCUT2D eigenvalue weighted by atomic mass is 10.1. The Hall–Kier alpha value is -0.0400. The lowest BCUT2D eigenvalue weighted by Crippen LogP contribution is -1.84. The molecule has 0 spiro atoms. The van der Waals surface area contributed by atoms with Gasteiger partial charge in [0.15, 0.2) is 0 Å². The van der Waals surface area contributed by atoms with Crippen LogP contribution in [0, 0.1) is 6.42 Å². The van der Waals surface area contributed by atoms with Crippen LogP contribution in [0.5, 0.6) is 0 Å². The summed E-state index contributed by atoms with van der Waals surface area (Å²) in [5.74, 6) is 0. The molecule has 0 rings (SSSR count). The summed E-state index contributed by atoms with van der Waals surface area (Å²) in [6, 6.07) is 0. The number of hydrogen-bond acceptors (Lipinski definition) is 1. The van der Waals surface area contributed by atoms with Crippen molar-refractivity contribution in [2.24, 2.45) is 0 Å². The third kappa shape index (κ3) is 12.0. The van der Waals surface area contributed by atoms with Gasteiger partial charge in [0.1, 0.15) is 0 Å². The molecule has 0 saturated heterocycles. The van der Waals surface area contributed by atoms with Gasteiger partial charge in [0.05, 0.1) is 0 Å². The molecular formula is C12H25O. The molecule has 0 saturated carbocycles. The molecule has 0 aromatic carbocycles. The van der Waals surface area contributed by atoms with E-state index in [-0.39, 0.29) is 0 Å². The van der Waals surface area contributed by atoms with Crippen LogP contribution in [0.2, 0.25) is 0 Å². The van der Waals surface area contributed by atoms with E-state index in [0.29, 0.717) is 6.61 Å². The van der Waals surface area contributed by atoms with E-state index in [9.17, 15) is 0 Å². The zero-order valence-electron chi connectivity index (χ0n) is 9.10. The first-order valence-corrected chi connectivity index (χ1v) is 5.84. The fourth-order valence-corrected chi connectivity index (χ4v) is 1.46. The van der Waals surface area contributed by atoms with E-state index in [1.807, 2.05) is 0 Å². The molecular weight excluding hydrogens is 160 g/mol. The summed E-state index contributed by atoms with van der Waals surface area (Å²) < 4.78 is 0. The van der Waals surface area contributed by atoms with Crippen LogP contribution < -0.4 is 0 Å². The van der Waals surface area contributed by atoms with Gasteiger partial charge in [-0.1, -0.05) is 58.3 Å². The molecule has 0 aromatic heterocycles. The predicted octanol–water partition coefficient (Wildman–Crippen LogP) is 3.71. The third-order valence-electron chi connectivity index (χ3n) is 2.31. The molecule has 0 bridgehead atoms. The molecule has 1 heteroatoms. The van der Waals surface area contributed by atoms with Gasteiger partial charge in [-0.25, -0.2) is 0 Å². The molecule has 79 valence electrons. The Morgan fingerprint density at radius 3 is 2.08 bits per heavy atom. The maximum Gasteiger partial charge on any atom is 0.0431 e. The molecule has 0 aliphatic heterocycles. The van der Waals surface area contributed by atoms with Crippen LogP contribution in [0.4, 0.5) is 0 Å². The Morgan fingerprint density at radius 2 is 1.46 bits per heavy atom. The number of rotatable bonds is 10. The monoisotopic (exact) mass is 185 g/mol. The van der Waals surface area contributed by atoms with Gasteiger partial charge in [-0.15, -0.1) is 0 Å². The van der Waals surface area contributed by atoms with E-state index >= 15 is 0 Å². The van der Waals surface area contributed by atoms with Crippen LogP contribution in [-0.4, -0.2) is 11.7 Å². The van der Waals surface area contributed by atoms with E-state index in [4.69, 9.17) is 5.11 Å². The number of unbranched alkanes of at least 4 members (excludes halogenated alkanes) is 9. The normalized spacial score (nSPS) is 10.6. The quantitative estimate of drug-likeness (QED) is 0.514. The van der Waals surface area contributed by atoms with Crippen molar-refractivity contribution in [1.29, 1.82) is 0 Å². The van der Waals surface area contributed by atoms with Gasteiger partial charge in [-0.3, -0.25) is 0 Å². The van der Waals surface area contributed by atoms with Gasteiger partial charge in [0, 0.05) is 6.61 Å². The Kier molecular flexibility index (Phi) is 11.9. The van der Waals surface area contributed by atoms with Gasteiger partial charge in [0.25, 0.3) is 0 Å². The van der Waals surface area contributed by atoms with Gasteiger partial charge >= 0.3 is 0 Å². The smallest absolute Gasteiger partial charge is 0.0431 e. The van der Waals surface area contributed by atoms with Crippen molar-refractivity contribution in [2.75, 3.05) is 6.61 Å². The molecule has 0 aromatic rings. The minimum Gasteiger partial charge on any atom is -0.396 e. The van der Waals surface area contributed by atoms with Crippen molar-refractivity contribution >= 4 is 0 Å². The maximum atomic E-state index is 8.56. The van der Waals surface area contributed by atoms with Crippen molar-refractivity contribution < 1.29 is 5.11 Å². The summed E-state index contributed by atoms with van der Waals surface area (Å²) in [6.07, 6.45) is 13.8. The van der Waals surface area contributed by atoms with Crippen molar-refractivity contribution in [1.82, 2.24) is 0 Å². The summed E-state index contributed by atoms with van der Waals surface area (Å²) >= 11 is 0. The van der Waals surface area contributed by atoms with Gasteiger partial charge < -0.3 is 5.11 Å². The molecule has 0 heterocycles. The fourth-order valence-electron chi connectivity index (χ4n) is 1.46. The van der Waals surface area contributed by atoms with Crippen molar-refractivity contribution in [2.45, 2.75) is 64.7 Å². The van der Waals surface area contributed by atoms with Crippen LogP contribution in [0.25, 0.3) is 0 Å². The van der Waals surface area contributed by atoms with Crippen LogP contribution in [0.1, 0.15) is 64.7 Å². The molecule has 13 heavy (non-hydrogen) atoms. The van der Waals surface area contributed by atoms with Crippen molar-refractivity contribution in [3.63, 3.8) is 0 Å².